The monoisotopic (exact) mass is 430 g/mol. The van der Waals surface area contributed by atoms with Gasteiger partial charge in [0.1, 0.15) is 5.92 Å². The Morgan fingerprint density at radius 2 is 1.83 bits per heavy atom. The molecule has 0 amide bonds. The van der Waals surface area contributed by atoms with Gasteiger partial charge in [-0.05, 0) is 36.1 Å². The van der Waals surface area contributed by atoms with E-state index in [-0.39, 0.29) is 11.7 Å². The number of carbonyl (C=O) groups excluding carboxylic acids is 2. The topological polar surface area (TPSA) is 67.4 Å². The highest BCUT2D eigenvalue weighted by molar-refractivity contribution is 6.42. The molecule has 0 aromatic heterocycles. The Morgan fingerprint density at radius 1 is 1.10 bits per heavy atom. The van der Waals surface area contributed by atoms with Crippen LogP contribution in [-0.2, 0) is 14.3 Å². The second-order valence-electron chi connectivity index (χ2n) is 7.33. The SMILES string of the molecule is COC(=O)[C@@H]1C(=O)C2=C(C[C@H]1C)Nc1ccccc1N[C@@H]2c1cccc(Cl)c1Cl. The Labute approximate surface area is 179 Å². The normalized spacial score (nSPS) is 23.3. The number of nitrogens with one attached hydrogen (secondary N) is 2. The minimum atomic E-state index is -0.857. The van der Waals surface area contributed by atoms with Crippen LogP contribution in [0.25, 0.3) is 0 Å². The van der Waals surface area contributed by atoms with Crippen molar-refractivity contribution in [1.82, 2.24) is 0 Å². The Morgan fingerprint density at radius 3 is 2.55 bits per heavy atom. The molecule has 0 fully saturated rings. The first-order valence-electron chi connectivity index (χ1n) is 9.34. The van der Waals surface area contributed by atoms with E-state index in [0.29, 0.717) is 27.6 Å². The summed E-state index contributed by atoms with van der Waals surface area (Å²) >= 11 is 12.8. The zero-order valence-corrected chi connectivity index (χ0v) is 17.5. The van der Waals surface area contributed by atoms with Crippen LogP contribution in [0.4, 0.5) is 11.4 Å². The smallest absolute Gasteiger partial charge is 0.316 e. The number of hydrogen-bond acceptors (Lipinski definition) is 5. The highest BCUT2D eigenvalue weighted by atomic mass is 35.5. The number of para-hydroxylation sites is 2. The summed E-state index contributed by atoms with van der Waals surface area (Å²) in [5.74, 6) is -1.84. The third-order valence-electron chi connectivity index (χ3n) is 5.52. The number of ether oxygens (including phenoxy) is 1. The summed E-state index contributed by atoms with van der Waals surface area (Å²) in [6.45, 7) is 1.89. The van der Waals surface area contributed by atoms with Crippen LogP contribution < -0.4 is 10.6 Å². The second-order valence-corrected chi connectivity index (χ2v) is 8.11. The van der Waals surface area contributed by atoms with Crippen molar-refractivity contribution in [2.24, 2.45) is 11.8 Å². The van der Waals surface area contributed by atoms with Gasteiger partial charge in [-0.25, -0.2) is 0 Å². The van der Waals surface area contributed by atoms with Crippen molar-refractivity contribution in [3.63, 3.8) is 0 Å². The van der Waals surface area contributed by atoms with Gasteiger partial charge in [-0.15, -0.1) is 0 Å². The van der Waals surface area contributed by atoms with Crippen LogP contribution in [0.3, 0.4) is 0 Å². The Kier molecular flexibility index (Phi) is 5.28. The third-order valence-corrected chi connectivity index (χ3v) is 6.35. The van der Waals surface area contributed by atoms with E-state index in [1.165, 1.54) is 7.11 Å². The molecule has 4 rings (SSSR count). The predicted molar refractivity (Wildman–Crippen MR) is 114 cm³/mol. The molecule has 1 heterocycles. The van der Waals surface area contributed by atoms with Gasteiger partial charge in [-0.3, -0.25) is 9.59 Å². The molecule has 2 aromatic rings. The zero-order chi connectivity index (χ0) is 20.7. The lowest BCUT2D eigenvalue weighted by molar-refractivity contribution is -0.151. The number of rotatable bonds is 2. The molecule has 5 nitrogen and oxygen atoms in total. The molecular weight excluding hydrogens is 411 g/mol. The van der Waals surface area contributed by atoms with E-state index in [9.17, 15) is 9.59 Å². The van der Waals surface area contributed by atoms with E-state index in [4.69, 9.17) is 27.9 Å². The number of Topliss-reactive ketones (excluding diaryl/α,β-unsaturated/α-hetero) is 1. The van der Waals surface area contributed by atoms with E-state index < -0.39 is 17.9 Å². The van der Waals surface area contributed by atoms with Crippen molar-refractivity contribution >= 4 is 46.3 Å². The fourth-order valence-corrected chi connectivity index (χ4v) is 4.53. The summed E-state index contributed by atoms with van der Waals surface area (Å²) in [4.78, 5) is 25.9. The van der Waals surface area contributed by atoms with Gasteiger partial charge in [0.15, 0.2) is 5.78 Å². The summed E-state index contributed by atoms with van der Waals surface area (Å²) in [6, 6.07) is 12.5. The summed E-state index contributed by atoms with van der Waals surface area (Å²) in [7, 11) is 1.30. The van der Waals surface area contributed by atoms with Crippen LogP contribution in [0, 0.1) is 11.8 Å². The number of esters is 1. The molecular formula is C22H20Cl2N2O3. The first-order valence-corrected chi connectivity index (χ1v) is 10.1. The zero-order valence-electron chi connectivity index (χ0n) is 16.0. The molecule has 150 valence electrons. The van der Waals surface area contributed by atoms with Gasteiger partial charge in [-0.2, -0.15) is 0 Å². The number of benzene rings is 2. The quantitative estimate of drug-likeness (QED) is 0.504. The Balaban J connectivity index is 1.92. The molecule has 1 aliphatic heterocycles. The minimum absolute atomic E-state index is 0.193. The van der Waals surface area contributed by atoms with Crippen molar-refractivity contribution < 1.29 is 14.3 Å². The Bertz CT molecular complexity index is 1030. The molecule has 0 saturated carbocycles. The Hall–Kier alpha value is -2.50. The number of ketones is 1. The molecule has 0 bridgehead atoms. The lowest BCUT2D eigenvalue weighted by Crippen LogP contribution is -2.39. The van der Waals surface area contributed by atoms with E-state index in [1.807, 2.05) is 37.3 Å². The van der Waals surface area contributed by atoms with Crippen molar-refractivity contribution in [2.45, 2.75) is 19.4 Å². The van der Waals surface area contributed by atoms with Gasteiger partial charge < -0.3 is 15.4 Å². The predicted octanol–water partition coefficient (Wildman–Crippen LogP) is 5.22. The number of hydrogen-bond donors (Lipinski definition) is 2. The summed E-state index contributed by atoms with van der Waals surface area (Å²) in [5.41, 5.74) is 3.63. The highest BCUT2D eigenvalue weighted by Crippen LogP contribution is 2.45. The molecule has 0 radical (unpaired) electrons. The first kappa shape index (κ1) is 19.8. The van der Waals surface area contributed by atoms with Crippen LogP contribution in [0.5, 0.6) is 0 Å². The molecule has 7 heteroatoms. The fourth-order valence-electron chi connectivity index (χ4n) is 4.11. The number of carbonyl (C=O) groups is 2. The van der Waals surface area contributed by atoms with Crippen LogP contribution in [0.1, 0.15) is 24.9 Å². The van der Waals surface area contributed by atoms with E-state index in [0.717, 1.165) is 17.1 Å². The minimum Gasteiger partial charge on any atom is -0.468 e. The van der Waals surface area contributed by atoms with Crippen LogP contribution in [-0.4, -0.2) is 18.9 Å². The largest absolute Gasteiger partial charge is 0.468 e. The van der Waals surface area contributed by atoms with Gasteiger partial charge in [0.2, 0.25) is 0 Å². The van der Waals surface area contributed by atoms with Gasteiger partial charge in [0, 0.05) is 11.3 Å². The second kappa shape index (κ2) is 7.73. The first-order chi connectivity index (χ1) is 13.9. The molecule has 2 aliphatic rings. The highest BCUT2D eigenvalue weighted by Gasteiger charge is 2.44. The molecule has 2 N–H and O–H groups in total. The van der Waals surface area contributed by atoms with Crippen LogP contribution in [0.2, 0.25) is 10.0 Å². The molecule has 0 unspecified atom stereocenters. The lowest BCUT2D eigenvalue weighted by Gasteiger charge is -2.32. The number of methoxy groups -OCH3 is 1. The standard InChI is InChI=1S/C22H20Cl2N2O3/c1-11-10-16-18(21(27)17(11)22(28)29-2)20(12-6-5-7-13(23)19(12)24)26-15-9-4-3-8-14(15)25-16/h3-9,11,17,20,25-26H,10H2,1-2H3/t11-,17+,20-/m1/s1. The third kappa shape index (κ3) is 3.38. The van der Waals surface area contributed by atoms with Crippen molar-refractivity contribution in [1.29, 1.82) is 0 Å². The molecule has 2 aromatic carbocycles. The van der Waals surface area contributed by atoms with Crippen molar-refractivity contribution in [3.8, 4) is 0 Å². The summed E-state index contributed by atoms with van der Waals surface area (Å²) in [5, 5.41) is 7.61. The summed E-state index contributed by atoms with van der Waals surface area (Å²) < 4.78 is 4.92. The van der Waals surface area contributed by atoms with Crippen LogP contribution in [0.15, 0.2) is 53.7 Å². The molecule has 3 atom stereocenters. The van der Waals surface area contributed by atoms with Gasteiger partial charge >= 0.3 is 5.97 Å². The maximum Gasteiger partial charge on any atom is 0.316 e. The molecule has 0 saturated heterocycles. The van der Waals surface area contributed by atoms with Crippen molar-refractivity contribution in [2.75, 3.05) is 17.7 Å². The van der Waals surface area contributed by atoms with Gasteiger partial charge in [-0.1, -0.05) is 54.4 Å². The molecule has 1 aliphatic carbocycles. The molecule has 29 heavy (non-hydrogen) atoms. The van der Waals surface area contributed by atoms with E-state index >= 15 is 0 Å². The maximum absolute atomic E-state index is 13.5. The summed E-state index contributed by atoms with van der Waals surface area (Å²) in [6.07, 6.45) is 0.533. The maximum atomic E-state index is 13.5. The number of halogens is 2. The van der Waals surface area contributed by atoms with Crippen molar-refractivity contribution in [3.05, 3.63) is 69.3 Å². The molecule has 0 spiro atoms. The van der Waals surface area contributed by atoms with Crippen LogP contribution >= 0.6 is 23.2 Å². The average Bonchev–Trinajstić information content (AvgIpc) is 2.86. The number of allylic oxidation sites excluding steroid dienone is 1. The average molecular weight is 431 g/mol. The van der Waals surface area contributed by atoms with Gasteiger partial charge in [0.25, 0.3) is 0 Å². The van der Waals surface area contributed by atoms with E-state index in [2.05, 4.69) is 10.6 Å². The number of fused-ring (bicyclic) bond motifs is 1. The lowest BCUT2D eigenvalue weighted by atomic mass is 9.75. The number of anilines is 2. The fraction of sp³-hybridized carbons (Fsp3) is 0.273. The van der Waals surface area contributed by atoms with E-state index in [1.54, 1.807) is 12.1 Å². The van der Waals surface area contributed by atoms with Gasteiger partial charge in [0.05, 0.1) is 34.6 Å².